The van der Waals surface area contributed by atoms with Gasteiger partial charge in [0.15, 0.2) is 0 Å². The van der Waals surface area contributed by atoms with E-state index in [4.69, 9.17) is 4.74 Å². The van der Waals surface area contributed by atoms with Crippen LogP contribution in [0.15, 0.2) is 65.7 Å². The van der Waals surface area contributed by atoms with Crippen molar-refractivity contribution in [1.82, 2.24) is 24.1 Å². The first kappa shape index (κ1) is 28.7. The van der Waals surface area contributed by atoms with E-state index in [0.29, 0.717) is 49.6 Å². The molecule has 0 saturated carbocycles. The van der Waals surface area contributed by atoms with Gasteiger partial charge in [-0.25, -0.2) is 18.4 Å². The molecule has 10 nitrogen and oxygen atoms in total. The number of likely N-dealkylation sites (tertiary alicyclic amines) is 2. The molecule has 11 heteroatoms. The lowest BCUT2D eigenvalue weighted by atomic mass is 9.99. The van der Waals surface area contributed by atoms with Crippen molar-refractivity contribution in [2.45, 2.75) is 43.0 Å². The molecule has 6 rings (SSSR count). The summed E-state index contributed by atoms with van der Waals surface area (Å²) in [4.78, 5) is 27.0. The number of hydrogen-bond donors (Lipinski definition) is 1. The van der Waals surface area contributed by atoms with Crippen LogP contribution < -0.4 is 5.32 Å². The molecule has 0 spiro atoms. The van der Waals surface area contributed by atoms with E-state index in [1.807, 2.05) is 29.2 Å². The number of anilines is 2. The quantitative estimate of drug-likeness (QED) is 0.440. The molecule has 3 saturated heterocycles. The Kier molecular flexibility index (Phi) is 8.80. The minimum atomic E-state index is -3.55. The van der Waals surface area contributed by atoms with Gasteiger partial charge in [0, 0.05) is 55.2 Å². The maximum Gasteiger partial charge on any atom is 0.253 e. The lowest BCUT2D eigenvalue weighted by Crippen LogP contribution is -2.48. The number of nitrogens with one attached hydrogen (secondary N) is 1. The SMILES string of the molecule is O=C(c1ccc(Nc2nccc(-c3ccc(S(=O)(=O)N4CCOCC4)cc3)n2)cc1)N1CCC(N2CCCCC2)CC1. The molecule has 4 heterocycles. The van der Waals surface area contributed by atoms with Gasteiger partial charge >= 0.3 is 0 Å². The van der Waals surface area contributed by atoms with E-state index in [2.05, 4.69) is 20.2 Å². The van der Waals surface area contributed by atoms with Crippen LogP contribution >= 0.6 is 0 Å². The van der Waals surface area contributed by atoms with Crippen LogP contribution in [0.4, 0.5) is 11.6 Å². The Labute approximate surface area is 247 Å². The highest BCUT2D eigenvalue weighted by Gasteiger charge is 2.28. The van der Waals surface area contributed by atoms with Crippen molar-refractivity contribution < 1.29 is 17.9 Å². The van der Waals surface area contributed by atoms with Gasteiger partial charge in [0.2, 0.25) is 16.0 Å². The molecular weight excluding hydrogens is 552 g/mol. The zero-order valence-electron chi connectivity index (χ0n) is 23.8. The first-order valence-corrected chi connectivity index (χ1v) is 16.3. The summed E-state index contributed by atoms with van der Waals surface area (Å²) in [6.07, 6.45) is 7.69. The minimum Gasteiger partial charge on any atom is -0.379 e. The molecule has 0 aliphatic carbocycles. The maximum absolute atomic E-state index is 13.2. The highest BCUT2D eigenvalue weighted by molar-refractivity contribution is 7.89. The number of carbonyl (C=O) groups excluding carboxylic acids is 1. The standard InChI is InChI=1S/C31H38N6O4S/c38-30(36-18-13-27(14-19-36)35-16-2-1-3-17-35)25-4-8-26(9-5-25)33-31-32-15-12-29(34-31)24-6-10-28(11-7-24)42(39,40)37-20-22-41-23-21-37/h4-12,15,27H,1-3,13-14,16-23H2,(H,32,33,34). The number of nitrogens with zero attached hydrogens (tertiary/aromatic N) is 5. The largest absolute Gasteiger partial charge is 0.379 e. The van der Waals surface area contributed by atoms with Crippen LogP contribution in [0.1, 0.15) is 42.5 Å². The van der Waals surface area contributed by atoms with Crippen molar-refractivity contribution in [2.24, 2.45) is 0 Å². The number of aromatic nitrogens is 2. The van der Waals surface area contributed by atoms with Crippen molar-refractivity contribution in [2.75, 3.05) is 57.8 Å². The van der Waals surface area contributed by atoms with Crippen LogP contribution in [-0.2, 0) is 14.8 Å². The van der Waals surface area contributed by atoms with E-state index in [-0.39, 0.29) is 10.8 Å². The fourth-order valence-electron chi connectivity index (χ4n) is 6.04. The molecule has 0 radical (unpaired) electrons. The molecule has 0 atom stereocenters. The molecule has 222 valence electrons. The average molecular weight is 591 g/mol. The molecule has 2 aromatic carbocycles. The number of carbonyl (C=O) groups is 1. The second kappa shape index (κ2) is 12.9. The maximum atomic E-state index is 13.2. The number of benzene rings is 2. The zero-order valence-corrected chi connectivity index (χ0v) is 24.6. The van der Waals surface area contributed by atoms with E-state index in [1.54, 1.807) is 36.5 Å². The number of hydrogen-bond acceptors (Lipinski definition) is 8. The van der Waals surface area contributed by atoms with E-state index in [9.17, 15) is 13.2 Å². The summed E-state index contributed by atoms with van der Waals surface area (Å²) in [5.74, 6) is 0.493. The smallest absolute Gasteiger partial charge is 0.253 e. The predicted molar refractivity (Wildman–Crippen MR) is 161 cm³/mol. The summed E-state index contributed by atoms with van der Waals surface area (Å²) >= 11 is 0. The molecule has 42 heavy (non-hydrogen) atoms. The normalized spacial score (nSPS) is 19.5. The lowest BCUT2D eigenvalue weighted by Gasteiger charge is -2.40. The molecule has 0 bridgehead atoms. The third-order valence-electron chi connectivity index (χ3n) is 8.46. The van der Waals surface area contributed by atoms with Crippen molar-refractivity contribution in [3.63, 3.8) is 0 Å². The summed E-state index contributed by atoms with van der Waals surface area (Å²) in [6, 6.07) is 16.6. The van der Waals surface area contributed by atoms with Crippen LogP contribution in [0, 0.1) is 0 Å². The second-order valence-electron chi connectivity index (χ2n) is 11.1. The Bertz CT molecular complexity index is 1460. The number of ether oxygens (including phenoxy) is 1. The molecule has 3 aliphatic heterocycles. The van der Waals surface area contributed by atoms with Crippen LogP contribution in [0.5, 0.6) is 0 Å². The molecule has 0 unspecified atom stereocenters. The number of sulfonamides is 1. The number of amides is 1. The van der Waals surface area contributed by atoms with Gasteiger partial charge in [-0.2, -0.15) is 4.31 Å². The van der Waals surface area contributed by atoms with Crippen LogP contribution in [0.25, 0.3) is 11.3 Å². The van der Waals surface area contributed by atoms with Gasteiger partial charge in [0.25, 0.3) is 5.91 Å². The van der Waals surface area contributed by atoms with Gasteiger partial charge in [-0.1, -0.05) is 18.6 Å². The summed E-state index contributed by atoms with van der Waals surface area (Å²) in [6.45, 7) is 5.55. The van der Waals surface area contributed by atoms with E-state index < -0.39 is 10.0 Å². The molecule has 1 aromatic heterocycles. The molecular formula is C31H38N6O4S. The summed E-state index contributed by atoms with van der Waals surface area (Å²) in [7, 11) is -3.55. The number of piperidine rings is 2. The Morgan fingerprint density at radius 2 is 1.52 bits per heavy atom. The van der Waals surface area contributed by atoms with E-state index >= 15 is 0 Å². The van der Waals surface area contributed by atoms with Gasteiger partial charge in [0.1, 0.15) is 0 Å². The number of morpholine rings is 1. The van der Waals surface area contributed by atoms with Crippen molar-refractivity contribution >= 4 is 27.6 Å². The van der Waals surface area contributed by atoms with E-state index in [0.717, 1.165) is 37.2 Å². The molecule has 1 N–H and O–H groups in total. The van der Waals surface area contributed by atoms with Crippen LogP contribution in [-0.4, -0.2) is 96.9 Å². The monoisotopic (exact) mass is 590 g/mol. The van der Waals surface area contributed by atoms with Crippen molar-refractivity contribution in [1.29, 1.82) is 0 Å². The van der Waals surface area contributed by atoms with Gasteiger partial charge < -0.3 is 19.9 Å². The van der Waals surface area contributed by atoms with Gasteiger partial charge in [-0.05, 0) is 81.2 Å². The summed E-state index contributed by atoms with van der Waals surface area (Å²) in [5, 5.41) is 3.21. The second-order valence-corrected chi connectivity index (χ2v) is 13.1. The van der Waals surface area contributed by atoms with Crippen LogP contribution in [0.3, 0.4) is 0 Å². The zero-order chi connectivity index (χ0) is 28.9. The first-order valence-electron chi connectivity index (χ1n) is 14.9. The minimum absolute atomic E-state index is 0.0796. The van der Waals surface area contributed by atoms with Gasteiger partial charge in [-0.3, -0.25) is 4.79 Å². The van der Waals surface area contributed by atoms with Gasteiger partial charge in [0.05, 0.1) is 23.8 Å². The average Bonchev–Trinajstić information content (AvgIpc) is 3.06. The molecule has 3 aromatic rings. The van der Waals surface area contributed by atoms with Crippen molar-refractivity contribution in [3.05, 3.63) is 66.4 Å². The topological polar surface area (TPSA) is 108 Å². The molecule has 3 aliphatic rings. The van der Waals surface area contributed by atoms with Gasteiger partial charge in [-0.15, -0.1) is 0 Å². The highest BCUT2D eigenvalue weighted by Crippen LogP contribution is 2.25. The Balaban J connectivity index is 1.06. The fourth-order valence-corrected chi connectivity index (χ4v) is 7.45. The third-order valence-corrected chi connectivity index (χ3v) is 10.4. The summed E-state index contributed by atoms with van der Waals surface area (Å²) in [5.41, 5.74) is 2.91. The van der Waals surface area contributed by atoms with Crippen LogP contribution in [0.2, 0.25) is 0 Å². The van der Waals surface area contributed by atoms with E-state index in [1.165, 1.54) is 36.7 Å². The fraction of sp³-hybridized carbons (Fsp3) is 0.452. The third kappa shape index (κ3) is 6.49. The highest BCUT2D eigenvalue weighted by atomic mass is 32.2. The summed E-state index contributed by atoms with van der Waals surface area (Å²) < 4.78 is 32.6. The number of rotatable bonds is 7. The molecule has 1 amide bonds. The predicted octanol–water partition coefficient (Wildman–Crippen LogP) is 4.00. The lowest BCUT2D eigenvalue weighted by molar-refractivity contribution is 0.0590. The first-order chi connectivity index (χ1) is 20.5. The Morgan fingerprint density at radius 1 is 0.833 bits per heavy atom. The van der Waals surface area contributed by atoms with Crippen molar-refractivity contribution in [3.8, 4) is 11.3 Å². The Morgan fingerprint density at radius 3 is 2.21 bits per heavy atom. The Hall–Kier alpha value is -3.38. The molecule has 3 fully saturated rings.